The predicted molar refractivity (Wildman–Crippen MR) is 149 cm³/mol. The highest BCUT2D eigenvalue weighted by Crippen LogP contribution is 2.63. The number of carbonyl (C=O) groups is 2. The highest BCUT2D eigenvalue weighted by molar-refractivity contribution is 6.25. The monoisotopic (exact) mass is 514 g/mol. The number of nitrogens with zero attached hydrogens (tertiary/aromatic N) is 2. The molecule has 3 aliphatic carbocycles. The summed E-state index contributed by atoms with van der Waals surface area (Å²) in [6, 6.07) is 30.0. The van der Waals surface area contributed by atoms with E-state index in [1.165, 1.54) is 4.90 Å². The van der Waals surface area contributed by atoms with E-state index in [9.17, 15) is 14.7 Å². The summed E-state index contributed by atoms with van der Waals surface area (Å²) in [7, 11) is 0. The highest BCUT2D eigenvalue weighted by atomic mass is 16.5. The van der Waals surface area contributed by atoms with E-state index in [1.807, 2.05) is 37.4 Å². The molecule has 1 saturated heterocycles. The van der Waals surface area contributed by atoms with E-state index in [2.05, 4.69) is 24.3 Å². The van der Waals surface area contributed by atoms with Gasteiger partial charge in [0.15, 0.2) is 0 Å². The van der Waals surface area contributed by atoms with Crippen molar-refractivity contribution in [2.24, 2.45) is 16.8 Å². The van der Waals surface area contributed by atoms with Gasteiger partial charge in [-0.15, -0.1) is 0 Å². The zero-order chi connectivity index (χ0) is 26.7. The molecule has 192 valence electrons. The van der Waals surface area contributed by atoms with Crippen LogP contribution in [0.3, 0.4) is 0 Å². The average molecular weight is 515 g/mol. The van der Waals surface area contributed by atoms with Gasteiger partial charge in [-0.1, -0.05) is 48.5 Å². The maximum absolute atomic E-state index is 14.4. The van der Waals surface area contributed by atoms with Gasteiger partial charge in [-0.3, -0.25) is 14.6 Å². The van der Waals surface area contributed by atoms with Gasteiger partial charge in [0, 0.05) is 12.1 Å². The topological polar surface area (TPSA) is 79.2 Å². The van der Waals surface area contributed by atoms with Crippen LogP contribution in [0.2, 0.25) is 0 Å². The highest BCUT2D eigenvalue weighted by Gasteiger charge is 2.67. The second-order valence-electron chi connectivity index (χ2n) is 10.2. The summed E-state index contributed by atoms with van der Waals surface area (Å²) in [5.74, 6) is -0.993. The molecule has 6 heteroatoms. The van der Waals surface area contributed by atoms with Gasteiger partial charge in [-0.2, -0.15) is 0 Å². The number of carbonyl (C=O) groups excluding carboxylic acids is 2. The molecule has 2 bridgehead atoms. The summed E-state index contributed by atoms with van der Waals surface area (Å²) in [6.07, 6.45) is 1.86. The Morgan fingerprint density at radius 1 is 0.846 bits per heavy atom. The molecule has 39 heavy (non-hydrogen) atoms. The normalized spacial score (nSPS) is 24.5. The first-order chi connectivity index (χ1) is 19.0. The van der Waals surface area contributed by atoms with Crippen molar-refractivity contribution in [1.29, 1.82) is 0 Å². The Balaban J connectivity index is 1.44. The first-order valence-corrected chi connectivity index (χ1v) is 13.2. The molecule has 0 unspecified atom stereocenters. The van der Waals surface area contributed by atoms with Gasteiger partial charge in [-0.25, -0.2) is 4.90 Å². The Labute approximate surface area is 226 Å². The Bertz CT molecular complexity index is 1590. The number of aliphatic imine (C=N–C) groups is 1. The Hall–Kier alpha value is -4.71. The van der Waals surface area contributed by atoms with Crippen LogP contribution in [-0.2, 0) is 15.0 Å². The molecule has 1 heterocycles. The molecule has 6 nitrogen and oxygen atoms in total. The Morgan fingerprint density at radius 3 is 2.08 bits per heavy atom. The number of phenolic OH excluding ortho intramolecular Hbond substituents is 1. The van der Waals surface area contributed by atoms with Crippen LogP contribution in [0.4, 0.5) is 11.4 Å². The second kappa shape index (κ2) is 8.67. The van der Waals surface area contributed by atoms with Gasteiger partial charge < -0.3 is 9.84 Å². The Kier molecular flexibility index (Phi) is 5.20. The maximum Gasteiger partial charge on any atom is 0.239 e. The molecular weight excluding hydrogens is 488 g/mol. The fourth-order valence-electron chi connectivity index (χ4n) is 6.88. The van der Waals surface area contributed by atoms with Crippen molar-refractivity contribution >= 4 is 29.4 Å². The minimum atomic E-state index is -0.933. The molecule has 4 aromatic rings. The first-order valence-electron chi connectivity index (χ1n) is 13.2. The summed E-state index contributed by atoms with van der Waals surface area (Å²) in [6.45, 7) is 2.45. The SMILES string of the molecule is CCOc1ccc(N2C(=O)[C@H]3C4c5ccccc5C(C=Nc5ccc(O)cc5)(c5ccccc54)[C@H]3C2=O)cc1. The third kappa shape index (κ3) is 3.24. The lowest BCUT2D eigenvalue weighted by atomic mass is 9.47. The smallest absolute Gasteiger partial charge is 0.239 e. The van der Waals surface area contributed by atoms with Crippen LogP contribution < -0.4 is 9.64 Å². The number of imide groups is 1. The minimum absolute atomic E-state index is 0.156. The van der Waals surface area contributed by atoms with E-state index in [0.717, 1.165) is 22.3 Å². The number of aromatic hydroxyl groups is 1. The number of benzene rings is 4. The first kappa shape index (κ1) is 23.4. The van der Waals surface area contributed by atoms with Gasteiger partial charge in [0.25, 0.3) is 0 Å². The largest absolute Gasteiger partial charge is 0.508 e. The van der Waals surface area contributed by atoms with E-state index in [4.69, 9.17) is 9.73 Å². The van der Waals surface area contributed by atoms with E-state index in [0.29, 0.717) is 23.7 Å². The number of phenols is 1. The van der Waals surface area contributed by atoms with Gasteiger partial charge in [-0.05, 0) is 77.7 Å². The molecule has 8 rings (SSSR count). The second-order valence-corrected chi connectivity index (χ2v) is 10.2. The number of ether oxygens (including phenoxy) is 1. The number of amides is 2. The summed E-state index contributed by atoms with van der Waals surface area (Å²) < 4.78 is 5.58. The molecule has 4 aliphatic rings. The minimum Gasteiger partial charge on any atom is -0.508 e. The van der Waals surface area contributed by atoms with Crippen molar-refractivity contribution in [3.63, 3.8) is 0 Å². The van der Waals surface area contributed by atoms with Crippen molar-refractivity contribution in [2.45, 2.75) is 18.3 Å². The Morgan fingerprint density at radius 2 is 1.46 bits per heavy atom. The predicted octanol–water partition coefficient (Wildman–Crippen LogP) is 5.74. The lowest BCUT2D eigenvalue weighted by molar-refractivity contribution is -0.122. The molecule has 1 fully saturated rings. The van der Waals surface area contributed by atoms with E-state index in [-0.39, 0.29) is 23.5 Å². The quantitative estimate of drug-likeness (QED) is 0.272. The molecule has 1 aliphatic heterocycles. The zero-order valence-corrected chi connectivity index (χ0v) is 21.3. The summed E-state index contributed by atoms with van der Waals surface area (Å²) in [5, 5.41) is 9.76. The standard InChI is InChI=1S/C33H26N2O4/c1-2-39-23-17-13-21(14-18-23)35-31(37)29-28-24-7-3-5-9-26(24)33(30(29)32(35)38,27-10-6-4-8-25(27)28)19-34-20-11-15-22(36)16-12-20/h3-19,28-30,36H,2H2,1H3/t28?,29-,30+,33?/m0/s1. The van der Waals surface area contributed by atoms with Crippen molar-refractivity contribution in [3.05, 3.63) is 119 Å². The van der Waals surface area contributed by atoms with Crippen LogP contribution in [0.25, 0.3) is 0 Å². The molecule has 1 N–H and O–H groups in total. The molecule has 4 aromatic carbocycles. The van der Waals surface area contributed by atoms with E-state index >= 15 is 0 Å². The van der Waals surface area contributed by atoms with Crippen molar-refractivity contribution < 1.29 is 19.4 Å². The fraction of sp³-hybridized carbons (Fsp3) is 0.182. The molecule has 0 radical (unpaired) electrons. The van der Waals surface area contributed by atoms with E-state index in [1.54, 1.807) is 48.5 Å². The average Bonchev–Trinajstić information content (AvgIpc) is 3.24. The summed E-state index contributed by atoms with van der Waals surface area (Å²) in [5.41, 5.74) is 4.40. The van der Waals surface area contributed by atoms with Gasteiger partial charge in [0.05, 0.1) is 35.2 Å². The van der Waals surface area contributed by atoms with Crippen molar-refractivity contribution in [3.8, 4) is 11.5 Å². The molecule has 0 spiro atoms. The fourth-order valence-corrected chi connectivity index (χ4v) is 6.88. The summed E-state index contributed by atoms with van der Waals surface area (Å²) in [4.78, 5) is 34.8. The van der Waals surface area contributed by atoms with Crippen LogP contribution in [0.1, 0.15) is 35.1 Å². The molecule has 0 aromatic heterocycles. The number of anilines is 1. The number of rotatable bonds is 5. The maximum atomic E-state index is 14.4. The van der Waals surface area contributed by atoms with Crippen LogP contribution in [0, 0.1) is 11.8 Å². The molecule has 0 saturated carbocycles. The van der Waals surface area contributed by atoms with Crippen LogP contribution in [-0.4, -0.2) is 29.7 Å². The molecule has 2 amide bonds. The lowest BCUT2D eigenvalue weighted by Gasteiger charge is -2.52. The number of hydrogen-bond donors (Lipinski definition) is 1. The van der Waals surface area contributed by atoms with E-state index < -0.39 is 17.3 Å². The van der Waals surface area contributed by atoms with Gasteiger partial charge >= 0.3 is 0 Å². The summed E-state index contributed by atoms with van der Waals surface area (Å²) >= 11 is 0. The lowest BCUT2D eigenvalue weighted by Crippen LogP contribution is -2.54. The van der Waals surface area contributed by atoms with Crippen LogP contribution >= 0.6 is 0 Å². The van der Waals surface area contributed by atoms with Gasteiger partial charge in [0.2, 0.25) is 11.8 Å². The third-order valence-corrected chi connectivity index (χ3v) is 8.36. The third-order valence-electron chi connectivity index (χ3n) is 8.36. The van der Waals surface area contributed by atoms with Crippen molar-refractivity contribution in [1.82, 2.24) is 0 Å². The molecular formula is C33H26N2O4. The van der Waals surface area contributed by atoms with Crippen LogP contribution in [0.15, 0.2) is 102 Å². The van der Waals surface area contributed by atoms with Crippen molar-refractivity contribution in [2.75, 3.05) is 11.5 Å². The zero-order valence-electron chi connectivity index (χ0n) is 21.3. The molecule has 2 atom stereocenters. The van der Waals surface area contributed by atoms with Crippen LogP contribution in [0.5, 0.6) is 11.5 Å². The number of hydrogen-bond acceptors (Lipinski definition) is 5. The van der Waals surface area contributed by atoms with Gasteiger partial charge in [0.1, 0.15) is 11.5 Å².